The van der Waals surface area contributed by atoms with Crippen LogP contribution in [0.1, 0.15) is 10.4 Å². The highest BCUT2D eigenvalue weighted by atomic mass is 32.1. The van der Waals surface area contributed by atoms with Crippen LogP contribution in [0.5, 0.6) is 0 Å². The molecule has 0 saturated carbocycles. The summed E-state index contributed by atoms with van der Waals surface area (Å²) >= 11 is 1.13. The smallest absolute Gasteiger partial charge is 0.255 e. The lowest BCUT2D eigenvalue weighted by Crippen LogP contribution is -2.36. The topological polar surface area (TPSA) is 93.1 Å². The van der Waals surface area contributed by atoms with E-state index in [0.717, 1.165) is 52.9 Å². The third kappa shape index (κ3) is 3.85. The van der Waals surface area contributed by atoms with E-state index in [1.807, 2.05) is 36.4 Å². The minimum Gasteiger partial charge on any atom is -0.378 e. The molecule has 0 atom stereocenters. The lowest BCUT2D eigenvalue weighted by molar-refractivity contribution is 0.102. The van der Waals surface area contributed by atoms with E-state index >= 15 is 0 Å². The van der Waals surface area contributed by atoms with Crippen LogP contribution in [0.25, 0.3) is 22.3 Å². The second-order valence-electron chi connectivity index (χ2n) is 6.88. The zero-order chi connectivity index (χ0) is 20.3. The molecule has 150 valence electrons. The molecule has 1 saturated heterocycles. The Labute approximate surface area is 176 Å². The summed E-state index contributed by atoms with van der Waals surface area (Å²) in [5.41, 5.74) is 4.36. The monoisotopic (exact) mass is 418 g/mol. The average Bonchev–Trinajstić information content (AvgIpc) is 3.28. The summed E-state index contributed by atoms with van der Waals surface area (Å²) in [4.78, 5) is 14.8. The Bertz CT molecular complexity index is 1190. The number of carbonyl (C=O) groups is 1. The van der Waals surface area contributed by atoms with E-state index < -0.39 is 0 Å². The van der Waals surface area contributed by atoms with Crippen LogP contribution in [-0.4, -0.2) is 51.2 Å². The van der Waals surface area contributed by atoms with Crippen LogP contribution < -0.4 is 10.2 Å². The molecule has 1 aliphatic heterocycles. The van der Waals surface area contributed by atoms with Crippen molar-refractivity contribution in [1.29, 1.82) is 0 Å². The van der Waals surface area contributed by atoms with Gasteiger partial charge in [0, 0.05) is 29.9 Å². The van der Waals surface area contributed by atoms with E-state index in [0.29, 0.717) is 24.5 Å². The Morgan fingerprint density at radius 1 is 0.967 bits per heavy atom. The Morgan fingerprint density at radius 2 is 1.83 bits per heavy atom. The number of anilines is 2. The number of hydrogen-bond acceptors (Lipinski definition) is 8. The third-order valence-corrected chi connectivity index (χ3v) is 5.47. The summed E-state index contributed by atoms with van der Waals surface area (Å²) in [6.45, 7) is 3.05. The van der Waals surface area contributed by atoms with Gasteiger partial charge in [0.2, 0.25) is 0 Å². The van der Waals surface area contributed by atoms with Crippen molar-refractivity contribution in [3.05, 3.63) is 60.2 Å². The first-order valence-electron chi connectivity index (χ1n) is 9.57. The zero-order valence-corrected chi connectivity index (χ0v) is 16.8. The van der Waals surface area contributed by atoms with Crippen molar-refractivity contribution in [2.45, 2.75) is 0 Å². The fourth-order valence-corrected chi connectivity index (χ4v) is 3.84. The summed E-state index contributed by atoms with van der Waals surface area (Å²) < 4.78 is 13.7. The van der Waals surface area contributed by atoms with Gasteiger partial charge in [-0.25, -0.2) is 0 Å². The van der Waals surface area contributed by atoms with Gasteiger partial charge in [0.1, 0.15) is 11.0 Å². The van der Waals surface area contributed by atoms with Gasteiger partial charge in [-0.05, 0) is 42.5 Å². The molecule has 1 fully saturated rings. The molecule has 9 heteroatoms. The molecular formula is C21H18N6O2S. The van der Waals surface area contributed by atoms with Gasteiger partial charge in [-0.2, -0.15) is 8.75 Å². The number of hydrogen-bond donors (Lipinski definition) is 1. The highest BCUT2D eigenvalue weighted by Crippen LogP contribution is 2.23. The highest BCUT2D eigenvalue weighted by Gasteiger charge is 2.13. The molecule has 4 aromatic rings. The lowest BCUT2D eigenvalue weighted by Gasteiger charge is -2.27. The molecule has 1 amide bonds. The Morgan fingerprint density at radius 3 is 2.67 bits per heavy atom. The van der Waals surface area contributed by atoms with Gasteiger partial charge in [0.15, 0.2) is 5.82 Å². The molecule has 3 heterocycles. The van der Waals surface area contributed by atoms with Crippen molar-refractivity contribution >= 4 is 40.2 Å². The standard InChI is InChI=1S/C21H18N6O2S/c28-21(15-4-5-18-19(13-15)26-30-25-18)22-16-3-1-2-14(12-16)17-6-7-20(24-23-17)27-8-10-29-11-9-27/h1-7,12-13H,8-11H2,(H,22,28). The van der Waals surface area contributed by atoms with Crippen molar-refractivity contribution in [3.8, 4) is 11.3 Å². The van der Waals surface area contributed by atoms with Gasteiger partial charge in [0.05, 0.1) is 30.6 Å². The number of amides is 1. The molecule has 8 nitrogen and oxygen atoms in total. The molecule has 30 heavy (non-hydrogen) atoms. The van der Waals surface area contributed by atoms with Gasteiger partial charge in [0.25, 0.3) is 5.91 Å². The Kier molecular flexibility index (Phi) is 5.04. The number of ether oxygens (including phenoxy) is 1. The van der Waals surface area contributed by atoms with Gasteiger partial charge in [-0.3, -0.25) is 4.79 Å². The number of rotatable bonds is 4. The maximum Gasteiger partial charge on any atom is 0.255 e. The van der Waals surface area contributed by atoms with E-state index in [2.05, 4.69) is 29.2 Å². The first-order valence-corrected chi connectivity index (χ1v) is 10.3. The van der Waals surface area contributed by atoms with Gasteiger partial charge >= 0.3 is 0 Å². The molecule has 2 aromatic carbocycles. The molecule has 0 aliphatic carbocycles. The largest absolute Gasteiger partial charge is 0.378 e. The number of carbonyl (C=O) groups excluding carboxylic acids is 1. The predicted molar refractivity (Wildman–Crippen MR) is 116 cm³/mol. The summed E-state index contributed by atoms with van der Waals surface area (Å²) in [5.74, 6) is 0.647. The lowest BCUT2D eigenvalue weighted by atomic mass is 10.1. The molecule has 0 unspecified atom stereocenters. The maximum atomic E-state index is 12.6. The van der Waals surface area contributed by atoms with Crippen LogP contribution in [0.3, 0.4) is 0 Å². The van der Waals surface area contributed by atoms with E-state index in [4.69, 9.17) is 4.74 Å². The minimum atomic E-state index is -0.198. The molecular weight excluding hydrogens is 400 g/mol. The molecule has 2 aromatic heterocycles. The Hall–Kier alpha value is -3.43. The van der Waals surface area contributed by atoms with Crippen molar-refractivity contribution in [1.82, 2.24) is 18.9 Å². The first-order chi connectivity index (χ1) is 14.8. The molecule has 0 spiro atoms. The summed E-state index contributed by atoms with van der Waals surface area (Å²) in [6, 6.07) is 16.8. The molecule has 1 N–H and O–H groups in total. The van der Waals surface area contributed by atoms with E-state index in [1.165, 1.54) is 0 Å². The molecule has 1 aliphatic rings. The van der Waals surface area contributed by atoms with Crippen molar-refractivity contribution < 1.29 is 9.53 Å². The fraction of sp³-hybridized carbons (Fsp3) is 0.190. The van der Waals surface area contributed by atoms with Gasteiger partial charge < -0.3 is 15.0 Å². The first kappa shape index (κ1) is 18.6. The van der Waals surface area contributed by atoms with Crippen LogP contribution in [0.2, 0.25) is 0 Å². The van der Waals surface area contributed by atoms with E-state index in [1.54, 1.807) is 18.2 Å². The number of nitrogens with zero attached hydrogens (tertiary/aromatic N) is 5. The van der Waals surface area contributed by atoms with E-state index in [9.17, 15) is 4.79 Å². The number of nitrogens with one attached hydrogen (secondary N) is 1. The quantitative estimate of drug-likeness (QED) is 0.544. The van der Waals surface area contributed by atoms with Gasteiger partial charge in [-0.15, -0.1) is 10.2 Å². The van der Waals surface area contributed by atoms with Crippen LogP contribution in [0, 0.1) is 0 Å². The molecule has 0 bridgehead atoms. The number of morpholine rings is 1. The van der Waals surface area contributed by atoms with Crippen molar-refractivity contribution in [3.63, 3.8) is 0 Å². The fourth-order valence-electron chi connectivity index (χ4n) is 3.32. The van der Waals surface area contributed by atoms with Gasteiger partial charge in [-0.1, -0.05) is 12.1 Å². The van der Waals surface area contributed by atoms with E-state index in [-0.39, 0.29) is 5.91 Å². The molecule has 0 radical (unpaired) electrons. The number of aromatic nitrogens is 4. The van der Waals surface area contributed by atoms with Crippen LogP contribution in [0.4, 0.5) is 11.5 Å². The normalized spacial score (nSPS) is 14.1. The second-order valence-corrected chi connectivity index (χ2v) is 7.41. The number of fused-ring (bicyclic) bond motifs is 1. The zero-order valence-electron chi connectivity index (χ0n) is 16.0. The minimum absolute atomic E-state index is 0.198. The SMILES string of the molecule is O=C(Nc1cccc(-c2ccc(N3CCOCC3)nn2)c1)c1ccc2nsnc2c1. The highest BCUT2D eigenvalue weighted by molar-refractivity contribution is 7.00. The number of benzene rings is 2. The maximum absolute atomic E-state index is 12.6. The van der Waals surface area contributed by atoms with Crippen molar-refractivity contribution in [2.75, 3.05) is 36.5 Å². The predicted octanol–water partition coefficient (Wildman–Crippen LogP) is 3.24. The summed E-state index contributed by atoms with van der Waals surface area (Å²) in [7, 11) is 0. The summed E-state index contributed by atoms with van der Waals surface area (Å²) in [6.07, 6.45) is 0. The third-order valence-electron chi connectivity index (χ3n) is 4.92. The van der Waals surface area contributed by atoms with Crippen LogP contribution in [-0.2, 0) is 4.74 Å². The average molecular weight is 418 g/mol. The summed E-state index contributed by atoms with van der Waals surface area (Å²) in [5, 5.41) is 11.7. The van der Waals surface area contributed by atoms with Crippen LogP contribution >= 0.6 is 11.7 Å². The van der Waals surface area contributed by atoms with Crippen LogP contribution in [0.15, 0.2) is 54.6 Å². The second kappa shape index (κ2) is 8.13. The Balaban J connectivity index is 1.32. The van der Waals surface area contributed by atoms with Crippen molar-refractivity contribution in [2.24, 2.45) is 0 Å². The molecule has 5 rings (SSSR count).